The van der Waals surface area contributed by atoms with Gasteiger partial charge in [0.15, 0.2) is 0 Å². The molecule has 0 spiro atoms. The highest BCUT2D eigenvalue weighted by atomic mass is 16.5. The van der Waals surface area contributed by atoms with Gasteiger partial charge < -0.3 is 20.3 Å². The molecule has 2 rings (SSSR count). The van der Waals surface area contributed by atoms with Gasteiger partial charge in [-0.15, -0.1) is 0 Å². The van der Waals surface area contributed by atoms with Crippen LogP contribution in [0.2, 0.25) is 0 Å². The van der Waals surface area contributed by atoms with Crippen molar-refractivity contribution in [1.29, 1.82) is 0 Å². The molecule has 1 fully saturated rings. The number of hydrogen-bond acceptors (Lipinski definition) is 4. The van der Waals surface area contributed by atoms with E-state index in [9.17, 15) is 5.11 Å². The van der Waals surface area contributed by atoms with Crippen molar-refractivity contribution in [2.45, 2.75) is 18.4 Å². The molecule has 1 aromatic carbocycles. The summed E-state index contributed by atoms with van der Waals surface area (Å²) in [7, 11) is 1.65. The van der Waals surface area contributed by atoms with Crippen molar-refractivity contribution in [3.8, 4) is 5.75 Å². The molecule has 4 heteroatoms. The van der Waals surface area contributed by atoms with Gasteiger partial charge in [-0.2, -0.15) is 0 Å². The van der Waals surface area contributed by atoms with E-state index in [2.05, 4.69) is 0 Å². The molecule has 94 valence electrons. The number of nitrogens with two attached hydrogens (primary N) is 1. The number of hydrogen-bond donors (Lipinski definition) is 2. The maximum Gasteiger partial charge on any atom is 0.121 e. The molecule has 4 nitrogen and oxygen atoms in total. The first-order valence-electron chi connectivity index (χ1n) is 5.75. The molecule has 1 atom stereocenters. The summed E-state index contributed by atoms with van der Waals surface area (Å²) in [6.45, 7) is 3.28. The fourth-order valence-corrected chi connectivity index (χ4v) is 2.29. The summed E-state index contributed by atoms with van der Waals surface area (Å²) in [6.07, 6.45) is -0.566. The molecule has 0 amide bonds. The van der Waals surface area contributed by atoms with Crippen LogP contribution in [-0.4, -0.2) is 38.1 Å². The van der Waals surface area contributed by atoms with E-state index in [0.29, 0.717) is 13.2 Å². The van der Waals surface area contributed by atoms with Gasteiger partial charge in [-0.3, -0.25) is 0 Å². The zero-order valence-electron chi connectivity index (χ0n) is 10.3. The number of benzene rings is 1. The molecule has 0 aliphatic carbocycles. The van der Waals surface area contributed by atoms with Gasteiger partial charge in [-0.05, 0) is 24.1 Å². The third-order valence-corrected chi connectivity index (χ3v) is 3.55. The number of rotatable bonds is 4. The highest BCUT2D eigenvalue weighted by Crippen LogP contribution is 2.37. The molecule has 0 bridgehead atoms. The molecule has 0 saturated carbocycles. The van der Waals surface area contributed by atoms with Crippen LogP contribution in [0.1, 0.15) is 11.1 Å². The molecule has 1 aromatic rings. The van der Waals surface area contributed by atoms with E-state index in [1.807, 2.05) is 25.1 Å². The molecular formula is C13H19NO3. The lowest BCUT2D eigenvalue weighted by Gasteiger charge is -2.45. The molecule has 17 heavy (non-hydrogen) atoms. The van der Waals surface area contributed by atoms with Crippen LogP contribution in [0.4, 0.5) is 0 Å². The highest BCUT2D eigenvalue weighted by Gasteiger charge is 2.46. The minimum Gasteiger partial charge on any atom is -0.496 e. The minimum atomic E-state index is -0.566. The van der Waals surface area contributed by atoms with Crippen LogP contribution >= 0.6 is 0 Å². The fraction of sp³-hybridized carbons (Fsp3) is 0.538. The van der Waals surface area contributed by atoms with Crippen molar-refractivity contribution in [3.05, 3.63) is 29.3 Å². The standard InChI is InChI=1S/C13H19NO3/c1-9-5-10(3-4-11(9)16-2)13(7-17-8-13)12(15)6-14/h3-5,12,15H,6-8,14H2,1-2H3. The quantitative estimate of drug-likeness (QED) is 0.804. The average Bonchev–Trinajstić information content (AvgIpc) is 2.27. The molecule has 1 aliphatic rings. The third kappa shape index (κ3) is 1.92. The molecule has 0 radical (unpaired) electrons. The summed E-state index contributed by atoms with van der Waals surface area (Å²) >= 11 is 0. The molecular weight excluding hydrogens is 218 g/mol. The van der Waals surface area contributed by atoms with Crippen molar-refractivity contribution in [1.82, 2.24) is 0 Å². The Morgan fingerprint density at radius 2 is 2.24 bits per heavy atom. The Balaban J connectivity index is 2.35. The van der Waals surface area contributed by atoms with E-state index in [1.54, 1.807) is 7.11 Å². The summed E-state index contributed by atoms with van der Waals surface area (Å²) in [5.41, 5.74) is 7.35. The zero-order valence-corrected chi connectivity index (χ0v) is 10.3. The molecule has 3 N–H and O–H groups in total. The van der Waals surface area contributed by atoms with Crippen LogP contribution in [0, 0.1) is 6.92 Å². The van der Waals surface area contributed by atoms with Gasteiger partial charge >= 0.3 is 0 Å². The lowest BCUT2D eigenvalue weighted by atomic mass is 9.73. The van der Waals surface area contributed by atoms with Gasteiger partial charge in [0.2, 0.25) is 0 Å². The Kier molecular flexibility index (Phi) is 3.38. The second-order valence-corrected chi connectivity index (χ2v) is 4.58. The predicted molar refractivity (Wildman–Crippen MR) is 65.3 cm³/mol. The Bertz CT molecular complexity index is 402. The second-order valence-electron chi connectivity index (χ2n) is 4.58. The van der Waals surface area contributed by atoms with Crippen molar-refractivity contribution in [3.63, 3.8) is 0 Å². The first-order valence-corrected chi connectivity index (χ1v) is 5.75. The van der Waals surface area contributed by atoms with Crippen LogP contribution in [0.3, 0.4) is 0 Å². The number of methoxy groups -OCH3 is 1. The first kappa shape index (κ1) is 12.4. The van der Waals surface area contributed by atoms with Crippen molar-refractivity contribution < 1.29 is 14.6 Å². The van der Waals surface area contributed by atoms with Crippen LogP contribution in [-0.2, 0) is 10.2 Å². The van der Waals surface area contributed by atoms with E-state index < -0.39 is 6.10 Å². The van der Waals surface area contributed by atoms with Crippen LogP contribution < -0.4 is 10.5 Å². The minimum absolute atomic E-state index is 0.244. The highest BCUT2D eigenvalue weighted by molar-refractivity contribution is 5.41. The van der Waals surface area contributed by atoms with Crippen LogP contribution in [0.5, 0.6) is 5.75 Å². The molecule has 1 unspecified atom stereocenters. The Labute approximate surface area is 101 Å². The maximum atomic E-state index is 10.1. The zero-order chi connectivity index (χ0) is 12.5. The van der Waals surface area contributed by atoms with Gasteiger partial charge in [-0.25, -0.2) is 0 Å². The van der Waals surface area contributed by atoms with Gasteiger partial charge in [-0.1, -0.05) is 12.1 Å². The predicted octanol–water partition coefficient (Wildman–Crippen LogP) is 0.591. The van der Waals surface area contributed by atoms with Crippen molar-refractivity contribution >= 4 is 0 Å². The van der Waals surface area contributed by atoms with E-state index in [-0.39, 0.29) is 12.0 Å². The molecule has 1 heterocycles. The van der Waals surface area contributed by atoms with Crippen LogP contribution in [0.15, 0.2) is 18.2 Å². The van der Waals surface area contributed by atoms with E-state index in [1.165, 1.54) is 0 Å². The Morgan fingerprint density at radius 3 is 2.65 bits per heavy atom. The number of aliphatic hydroxyl groups is 1. The number of aryl methyl sites for hydroxylation is 1. The van der Waals surface area contributed by atoms with Crippen LogP contribution in [0.25, 0.3) is 0 Å². The van der Waals surface area contributed by atoms with Gasteiger partial charge in [0.1, 0.15) is 5.75 Å². The van der Waals surface area contributed by atoms with Crippen molar-refractivity contribution in [2.24, 2.45) is 5.73 Å². The average molecular weight is 237 g/mol. The largest absolute Gasteiger partial charge is 0.496 e. The lowest BCUT2D eigenvalue weighted by Crippen LogP contribution is -2.57. The summed E-state index contributed by atoms with van der Waals surface area (Å²) in [6, 6.07) is 5.95. The summed E-state index contributed by atoms with van der Waals surface area (Å²) in [5, 5.41) is 10.1. The Hall–Kier alpha value is -1.10. The smallest absolute Gasteiger partial charge is 0.121 e. The van der Waals surface area contributed by atoms with E-state index in [0.717, 1.165) is 16.9 Å². The van der Waals surface area contributed by atoms with E-state index >= 15 is 0 Å². The summed E-state index contributed by atoms with van der Waals surface area (Å²) in [5.74, 6) is 0.853. The summed E-state index contributed by atoms with van der Waals surface area (Å²) in [4.78, 5) is 0. The third-order valence-electron chi connectivity index (χ3n) is 3.55. The summed E-state index contributed by atoms with van der Waals surface area (Å²) < 4.78 is 10.5. The monoisotopic (exact) mass is 237 g/mol. The van der Waals surface area contributed by atoms with Gasteiger partial charge in [0, 0.05) is 6.54 Å². The number of ether oxygens (including phenoxy) is 2. The topological polar surface area (TPSA) is 64.7 Å². The maximum absolute atomic E-state index is 10.1. The van der Waals surface area contributed by atoms with Crippen molar-refractivity contribution in [2.75, 3.05) is 26.9 Å². The molecule has 0 aromatic heterocycles. The number of aliphatic hydroxyl groups excluding tert-OH is 1. The second kappa shape index (κ2) is 4.64. The van der Waals surface area contributed by atoms with Gasteiger partial charge in [0.05, 0.1) is 31.8 Å². The van der Waals surface area contributed by atoms with Gasteiger partial charge in [0.25, 0.3) is 0 Å². The normalized spacial score (nSPS) is 19.5. The van der Waals surface area contributed by atoms with E-state index in [4.69, 9.17) is 15.2 Å². The lowest BCUT2D eigenvalue weighted by molar-refractivity contribution is -0.116. The fourth-order valence-electron chi connectivity index (χ4n) is 2.29. The first-order chi connectivity index (χ1) is 8.14. The molecule has 1 aliphatic heterocycles. The SMILES string of the molecule is COc1ccc(C2(C(O)CN)COC2)cc1C. The molecule has 1 saturated heterocycles. The Morgan fingerprint density at radius 1 is 1.53 bits per heavy atom.